The molecule has 0 spiro atoms. The smallest absolute Gasteiger partial charge is 0.222 e. The molecular formula is C14H22N2O2. The van der Waals surface area contributed by atoms with E-state index < -0.39 is 0 Å². The summed E-state index contributed by atoms with van der Waals surface area (Å²) in [6, 6.07) is 0. The van der Waals surface area contributed by atoms with E-state index in [-0.39, 0.29) is 6.61 Å². The van der Waals surface area contributed by atoms with Gasteiger partial charge in [0, 0.05) is 6.20 Å². The van der Waals surface area contributed by atoms with E-state index in [0.717, 1.165) is 5.92 Å². The Morgan fingerprint density at radius 3 is 3.00 bits per heavy atom. The molecule has 4 nitrogen and oxygen atoms in total. The molecule has 1 saturated carbocycles. The second-order valence-electron chi connectivity index (χ2n) is 5.35. The van der Waals surface area contributed by atoms with Crippen LogP contribution >= 0.6 is 0 Å². The van der Waals surface area contributed by atoms with Gasteiger partial charge in [-0.25, -0.2) is 4.98 Å². The van der Waals surface area contributed by atoms with Gasteiger partial charge in [-0.1, -0.05) is 19.8 Å². The number of nitrogens with zero attached hydrogens (tertiary/aromatic N) is 2. The quantitative estimate of drug-likeness (QED) is 0.892. The van der Waals surface area contributed by atoms with Crippen molar-refractivity contribution >= 4 is 0 Å². The predicted molar refractivity (Wildman–Crippen MR) is 69.3 cm³/mol. The largest absolute Gasteiger partial charge is 0.477 e. The molecule has 0 radical (unpaired) electrons. The number of ether oxygens (including phenoxy) is 1. The lowest BCUT2D eigenvalue weighted by Gasteiger charge is -2.26. The number of aliphatic hydroxyl groups is 1. The Hall–Kier alpha value is -1.16. The lowest BCUT2D eigenvalue weighted by molar-refractivity contribution is 0.172. The molecule has 0 bridgehead atoms. The molecule has 0 saturated heterocycles. The van der Waals surface area contributed by atoms with Gasteiger partial charge in [0.1, 0.15) is 5.82 Å². The van der Waals surface area contributed by atoms with Crippen molar-refractivity contribution in [3.8, 4) is 5.88 Å². The van der Waals surface area contributed by atoms with Gasteiger partial charge in [-0.05, 0) is 31.6 Å². The van der Waals surface area contributed by atoms with Crippen LogP contribution in [0.2, 0.25) is 0 Å². The highest BCUT2D eigenvalue weighted by atomic mass is 16.5. The highest BCUT2D eigenvalue weighted by Gasteiger charge is 2.20. The number of aromatic nitrogens is 2. The van der Waals surface area contributed by atoms with Gasteiger partial charge in [-0.3, -0.25) is 0 Å². The number of hydrogen-bond donors (Lipinski definition) is 1. The van der Waals surface area contributed by atoms with Crippen LogP contribution in [0.15, 0.2) is 6.20 Å². The molecule has 18 heavy (non-hydrogen) atoms. The first kappa shape index (κ1) is 13.3. The Bertz CT molecular complexity index is 395. The van der Waals surface area contributed by atoms with Crippen LogP contribution in [0.5, 0.6) is 5.88 Å². The highest BCUT2D eigenvalue weighted by Crippen LogP contribution is 2.29. The van der Waals surface area contributed by atoms with Crippen LogP contribution in [0.3, 0.4) is 0 Å². The molecule has 1 N–H and O–H groups in total. The summed E-state index contributed by atoms with van der Waals surface area (Å²) in [5.41, 5.74) is 0.671. The van der Waals surface area contributed by atoms with E-state index in [2.05, 4.69) is 16.9 Å². The normalized spacial score (nSPS) is 23.9. The number of rotatable bonds is 4. The van der Waals surface area contributed by atoms with Crippen molar-refractivity contribution in [3.05, 3.63) is 17.6 Å². The number of hydrogen-bond acceptors (Lipinski definition) is 4. The van der Waals surface area contributed by atoms with Gasteiger partial charge in [0.15, 0.2) is 0 Å². The minimum absolute atomic E-state index is 0.0727. The van der Waals surface area contributed by atoms with Crippen LogP contribution < -0.4 is 4.74 Å². The van der Waals surface area contributed by atoms with E-state index >= 15 is 0 Å². The Morgan fingerprint density at radius 1 is 1.44 bits per heavy atom. The van der Waals surface area contributed by atoms with Gasteiger partial charge in [-0.2, -0.15) is 4.98 Å². The SMILES string of the molecule is Cc1ncc(CO)c(OCC2CCCC(C)C2)n1. The van der Waals surface area contributed by atoms with E-state index in [1.165, 1.54) is 25.7 Å². The summed E-state index contributed by atoms with van der Waals surface area (Å²) in [4.78, 5) is 8.32. The van der Waals surface area contributed by atoms with Gasteiger partial charge >= 0.3 is 0 Å². The first-order chi connectivity index (χ1) is 8.69. The molecule has 0 aliphatic heterocycles. The predicted octanol–water partition coefficient (Wildman–Crippen LogP) is 2.48. The standard InChI is InChI=1S/C14H22N2O2/c1-10-4-3-5-12(6-10)9-18-14-13(8-17)7-15-11(2)16-14/h7,10,12,17H,3-6,8-9H2,1-2H3. The average molecular weight is 250 g/mol. The van der Waals surface area contributed by atoms with Gasteiger partial charge < -0.3 is 9.84 Å². The minimum Gasteiger partial charge on any atom is -0.477 e. The average Bonchev–Trinajstić information content (AvgIpc) is 2.37. The Kier molecular flexibility index (Phi) is 4.53. The molecule has 1 aromatic rings. The molecule has 2 unspecified atom stereocenters. The van der Waals surface area contributed by atoms with Crippen molar-refractivity contribution in [3.63, 3.8) is 0 Å². The summed E-state index contributed by atoms with van der Waals surface area (Å²) < 4.78 is 5.79. The fraction of sp³-hybridized carbons (Fsp3) is 0.714. The maximum absolute atomic E-state index is 9.23. The fourth-order valence-corrected chi connectivity index (χ4v) is 2.62. The van der Waals surface area contributed by atoms with E-state index in [1.54, 1.807) is 6.20 Å². The number of aryl methyl sites for hydroxylation is 1. The monoisotopic (exact) mass is 250 g/mol. The number of aliphatic hydroxyl groups excluding tert-OH is 1. The topological polar surface area (TPSA) is 55.2 Å². The fourth-order valence-electron chi connectivity index (χ4n) is 2.62. The molecule has 0 amide bonds. The summed E-state index contributed by atoms with van der Waals surface area (Å²) in [5.74, 6) is 2.65. The van der Waals surface area contributed by atoms with Crippen molar-refractivity contribution < 1.29 is 9.84 Å². The Balaban J connectivity index is 1.94. The van der Waals surface area contributed by atoms with Gasteiger partial charge in [0.05, 0.1) is 18.8 Å². The van der Waals surface area contributed by atoms with Crippen LogP contribution in [0.4, 0.5) is 0 Å². The molecule has 0 aromatic carbocycles. The van der Waals surface area contributed by atoms with E-state index in [4.69, 9.17) is 4.74 Å². The van der Waals surface area contributed by atoms with E-state index in [0.29, 0.717) is 29.8 Å². The molecule has 1 aliphatic carbocycles. The summed E-state index contributed by atoms with van der Waals surface area (Å²) in [6.07, 6.45) is 6.75. The zero-order chi connectivity index (χ0) is 13.0. The van der Waals surface area contributed by atoms with Crippen LogP contribution in [0.1, 0.15) is 44.0 Å². The summed E-state index contributed by atoms with van der Waals surface area (Å²) in [5, 5.41) is 9.23. The van der Waals surface area contributed by atoms with Gasteiger partial charge in [0.25, 0.3) is 0 Å². The lowest BCUT2D eigenvalue weighted by atomic mass is 9.83. The summed E-state index contributed by atoms with van der Waals surface area (Å²) in [7, 11) is 0. The Morgan fingerprint density at radius 2 is 2.28 bits per heavy atom. The molecule has 2 atom stereocenters. The molecule has 2 rings (SSSR count). The van der Waals surface area contributed by atoms with Gasteiger partial charge in [0.2, 0.25) is 5.88 Å². The van der Waals surface area contributed by atoms with Crippen LogP contribution in [-0.4, -0.2) is 21.7 Å². The van der Waals surface area contributed by atoms with E-state index in [1.807, 2.05) is 6.92 Å². The molecule has 1 fully saturated rings. The van der Waals surface area contributed by atoms with Gasteiger partial charge in [-0.15, -0.1) is 0 Å². The maximum atomic E-state index is 9.23. The van der Waals surface area contributed by atoms with Crippen molar-refractivity contribution in [1.82, 2.24) is 9.97 Å². The Labute approximate surface area is 108 Å². The molecule has 100 valence electrons. The molecule has 4 heteroatoms. The zero-order valence-corrected chi connectivity index (χ0v) is 11.2. The summed E-state index contributed by atoms with van der Waals surface area (Å²) >= 11 is 0. The zero-order valence-electron chi connectivity index (χ0n) is 11.2. The molecule has 1 aromatic heterocycles. The van der Waals surface area contributed by atoms with Crippen LogP contribution in [0, 0.1) is 18.8 Å². The molecular weight excluding hydrogens is 228 g/mol. The highest BCUT2D eigenvalue weighted by molar-refractivity contribution is 5.22. The summed E-state index contributed by atoms with van der Waals surface area (Å²) in [6.45, 7) is 4.77. The first-order valence-electron chi connectivity index (χ1n) is 6.75. The van der Waals surface area contributed by atoms with Crippen LogP contribution in [-0.2, 0) is 6.61 Å². The van der Waals surface area contributed by atoms with Crippen molar-refractivity contribution in [2.75, 3.05) is 6.61 Å². The first-order valence-corrected chi connectivity index (χ1v) is 6.75. The van der Waals surface area contributed by atoms with Crippen LogP contribution in [0.25, 0.3) is 0 Å². The minimum atomic E-state index is -0.0727. The second kappa shape index (κ2) is 6.14. The molecule has 1 heterocycles. The third-order valence-electron chi connectivity index (χ3n) is 3.62. The second-order valence-corrected chi connectivity index (χ2v) is 5.35. The van der Waals surface area contributed by atoms with Crippen molar-refractivity contribution in [2.45, 2.75) is 46.1 Å². The third-order valence-corrected chi connectivity index (χ3v) is 3.62. The molecule has 1 aliphatic rings. The third kappa shape index (κ3) is 3.42. The van der Waals surface area contributed by atoms with E-state index in [9.17, 15) is 5.11 Å². The maximum Gasteiger partial charge on any atom is 0.222 e. The van der Waals surface area contributed by atoms with Crippen molar-refractivity contribution in [1.29, 1.82) is 0 Å². The van der Waals surface area contributed by atoms with Crippen molar-refractivity contribution in [2.24, 2.45) is 11.8 Å². The lowest BCUT2D eigenvalue weighted by Crippen LogP contribution is -2.20.